The average molecular weight is 356 g/mol. The molecule has 11 heteroatoms. The van der Waals surface area contributed by atoms with Gasteiger partial charge in [0, 0.05) is 0 Å². The first-order chi connectivity index (χ1) is 4.98. The summed E-state index contributed by atoms with van der Waals surface area (Å²) in [5.41, 5.74) is -5.65. The van der Waals surface area contributed by atoms with Gasteiger partial charge in [0.1, 0.15) is 0 Å². The van der Waals surface area contributed by atoms with Crippen molar-refractivity contribution in [3.8, 4) is 0 Å². The molecule has 0 aliphatic heterocycles. The zero-order chi connectivity index (χ0) is 10.6. The maximum atomic E-state index is 10.7. The van der Waals surface area contributed by atoms with Crippen molar-refractivity contribution in [1.29, 1.82) is 0 Å². The van der Waals surface area contributed by atoms with Crippen molar-refractivity contribution < 1.29 is 39.1 Å². The second-order valence-corrected chi connectivity index (χ2v) is 10.3. The first-order valence-electron chi connectivity index (χ1n) is 1.67. The third-order valence-corrected chi connectivity index (χ3v) is 0.850. The Hall–Kier alpha value is 1.19. The zero-order valence-corrected chi connectivity index (χ0v) is 9.58. The first-order valence-corrected chi connectivity index (χ1v) is 9.79. The molecule has 0 heterocycles. The van der Waals surface area contributed by atoms with Gasteiger partial charge in [-0.2, -0.15) is 13.2 Å². The Bertz CT molecular complexity index is 209. The Labute approximate surface area is 83.6 Å². The zero-order valence-electron chi connectivity index (χ0n) is 4.75. The summed E-state index contributed by atoms with van der Waals surface area (Å²) < 4.78 is 58.9. The summed E-state index contributed by atoms with van der Waals surface area (Å²) in [7, 11) is 8.76. The van der Waals surface area contributed by atoms with Crippen molar-refractivity contribution >= 4 is 39.2 Å². The molecule has 0 N–H and O–H groups in total. The Balaban J connectivity index is 0. The second kappa shape index (κ2) is 5.83. The third-order valence-electron chi connectivity index (χ3n) is 0.283. The van der Waals surface area contributed by atoms with Crippen molar-refractivity contribution in [2.75, 3.05) is 0 Å². The summed E-state index contributed by atoms with van der Waals surface area (Å²) in [6, 6.07) is 0. The fraction of sp³-hybridized carbons (Fsp3) is 1.00. The maximum absolute atomic E-state index is 10.7. The van der Waals surface area contributed by atoms with E-state index in [1.165, 1.54) is 0 Å². The molecule has 0 aromatic heterocycles. The van der Waals surface area contributed by atoms with E-state index < -0.39 is 28.6 Å². The molecular weight excluding hydrogens is 356 g/mol. The van der Waals surface area contributed by atoms with Gasteiger partial charge in [-0.15, -0.1) is 0 Å². The van der Waals surface area contributed by atoms with Crippen molar-refractivity contribution in [3.63, 3.8) is 0 Å². The van der Waals surface area contributed by atoms with E-state index in [1.807, 2.05) is 0 Å². The standard InChI is InChI=1S/CHF3O3S.3ClH.Ru/c2-1(3,4)8(5,6)7;;;;/h(H,5,6,7);3*1H;/q;;;;+4/p-4. The average Bonchev–Trinajstić information content (AvgIpc) is 1.55. The number of rotatable bonds is 0. The van der Waals surface area contributed by atoms with Crippen LogP contribution in [0.15, 0.2) is 0 Å². The summed E-state index contributed by atoms with van der Waals surface area (Å²) in [5.74, 6) is 0. The fourth-order valence-electron chi connectivity index (χ4n) is 0. The van der Waals surface area contributed by atoms with Crippen molar-refractivity contribution in [2.24, 2.45) is 0 Å². The molecule has 0 amide bonds. The Morgan fingerprint density at radius 1 is 1.17 bits per heavy atom. The molecule has 0 spiro atoms. The van der Waals surface area contributed by atoms with Crippen LogP contribution in [0.5, 0.6) is 0 Å². The molecule has 3 nitrogen and oxygen atoms in total. The van der Waals surface area contributed by atoms with E-state index in [9.17, 15) is 13.2 Å². The predicted molar refractivity (Wildman–Crippen MR) is 33.3 cm³/mol. The molecule has 78 valence electrons. The summed E-state index contributed by atoms with van der Waals surface area (Å²) in [6.45, 7) is 0. The molecule has 0 atom stereocenters. The minimum absolute atomic E-state index is 1.75. The molecule has 0 fully saturated rings. The summed E-state index contributed by atoms with van der Waals surface area (Å²) in [4.78, 5) is 0. The minimum atomic E-state index is -6.09. The third kappa shape index (κ3) is 11.2. The molecule has 12 heavy (non-hydrogen) atoms. The molecule has 0 aliphatic carbocycles. The van der Waals surface area contributed by atoms with E-state index in [0.717, 1.165) is 0 Å². The van der Waals surface area contributed by atoms with Gasteiger partial charge in [0.2, 0.25) is 0 Å². The first kappa shape index (κ1) is 15.7. The van der Waals surface area contributed by atoms with Crippen LogP contribution >= 0.6 is 29.1 Å². The fourth-order valence-corrected chi connectivity index (χ4v) is 0. The van der Waals surface area contributed by atoms with Gasteiger partial charge in [0.25, 0.3) is 0 Å². The van der Waals surface area contributed by atoms with Gasteiger partial charge in [0.05, 0.1) is 0 Å². The molecule has 0 saturated heterocycles. The normalized spacial score (nSPS) is 13.1. The molecule has 0 aromatic rings. The monoisotopic (exact) mass is 356 g/mol. The SMILES string of the molecule is O=S(=O)([O-])C(F)(F)F.[Cl][Ru+]([Cl])[Cl]. The van der Waals surface area contributed by atoms with E-state index in [1.54, 1.807) is 0 Å². The molecule has 0 radical (unpaired) electrons. The molecule has 0 bridgehead atoms. The molecule has 0 saturated carbocycles. The summed E-state index contributed by atoms with van der Waals surface area (Å²) in [5, 5.41) is 0. The van der Waals surface area contributed by atoms with Crippen LogP contribution in [-0.4, -0.2) is 18.5 Å². The predicted octanol–water partition coefficient (Wildman–Crippen LogP) is 2.12. The quantitative estimate of drug-likeness (QED) is 0.379. The van der Waals surface area contributed by atoms with E-state index >= 15 is 0 Å². The molecule has 0 unspecified atom stereocenters. The van der Waals surface area contributed by atoms with E-state index in [2.05, 4.69) is 0 Å². The van der Waals surface area contributed by atoms with Crippen LogP contribution in [0.25, 0.3) is 0 Å². The van der Waals surface area contributed by atoms with Crippen LogP contribution in [0, 0.1) is 0 Å². The van der Waals surface area contributed by atoms with Crippen LogP contribution in [0.1, 0.15) is 0 Å². The van der Waals surface area contributed by atoms with Crippen LogP contribution in [0.2, 0.25) is 0 Å². The van der Waals surface area contributed by atoms with E-state index in [-0.39, 0.29) is 0 Å². The van der Waals surface area contributed by atoms with Crippen LogP contribution in [-0.2, 0) is 23.1 Å². The van der Waals surface area contributed by atoms with Gasteiger partial charge in [-0.25, -0.2) is 8.42 Å². The Morgan fingerprint density at radius 2 is 1.25 bits per heavy atom. The van der Waals surface area contributed by atoms with E-state index in [4.69, 9.17) is 42.0 Å². The summed E-state index contributed by atoms with van der Waals surface area (Å²) in [6.07, 6.45) is 0. The number of hydrogen-bond donors (Lipinski definition) is 0. The Kier molecular flexibility index (Phi) is 7.60. The van der Waals surface area contributed by atoms with Crippen LogP contribution < -0.4 is 0 Å². The topological polar surface area (TPSA) is 57.2 Å². The second-order valence-electron chi connectivity index (χ2n) is 1.05. The molecule has 0 aromatic carbocycles. The van der Waals surface area contributed by atoms with Crippen molar-refractivity contribution in [3.05, 3.63) is 0 Å². The van der Waals surface area contributed by atoms with Gasteiger partial charge in [-0.1, -0.05) is 0 Å². The van der Waals surface area contributed by atoms with Crippen LogP contribution in [0.4, 0.5) is 13.2 Å². The Morgan fingerprint density at radius 3 is 1.25 bits per heavy atom. The number of halogens is 6. The van der Waals surface area contributed by atoms with Gasteiger partial charge in [0.15, 0.2) is 10.1 Å². The summed E-state index contributed by atoms with van der Waals surface area (Å²) >= 11 is -1.75. The molecule has 0 aliphatic rings. The van der Waals surface area contributed by atoms with Gasteiger partial charge < -0.3 is 4.55 Å². The van der Waals surface area contributed by atoms with Gasteiger partial charge >= 0.3 is 47.6 Å². The van der Waals surface area contributed by atoms with Crippen LogP contribution in [0.3, 0.4) is 0 Å². The van der Waals surface area contributed by atoms with Gasteiger partial charge in [-0.05, 0) is 0 Å². The van der Waals surface area contributed by atoms with Crippen molar-refractivity contribution in [2.45, 2.75) is 5.51 Å². The van der Waals surface area contributed by atoms with Gasteiger partial charge in [-0.3, -0.25) is 0 Å². The van der Waals surface area contributed by atoms with Crippen molar-refractivity contribution in [1.82, 2.24) is 0 Å². The number of hydrogen-bond acceptors (Lipinski definition) is 3. The number of alkyl halides is 3. The molecule has 0 rings (SSSR count). The molecular formula is CCl3F3O3RuS. The van der Waals surface area contributed by atoms with E-state index in [0.29, 0.717) is 0 Å².